The van der Waals surface area contributed by atoms with Gasteiger partial charge >= 0.3 is 11.9 Å². The van der Waals surface area contributed by atoms with Crippen LogP contribution in [0.5, 0.6) is 0 Å². The first-order valence-electron chi connectivity index (χ1n) is 5.39. The van der Waals surface area contributed by atoms with E-state index in [1.165, 1.54) is 11.6 Å². The molecular formula is C9H13N5O5. The number of aliphatic carboxylic acids is 2. The zero-order valence-corrected chi connectivity index (χ0v) is 10.1. The fraction of sp³-hybridized carbons (Fsp3) is 0.556. The molecule has 0 fully saturated rings. The Labute approximate surface area is 107 Å². The summed E-state index contributed by atoms with van der Waals surface area (Å²) in [7, 11) is 0. The fourth-order valence-electron chi connectivity index (χ4n) is 1.22. The number of carbonyl (C=O) groups is 3. The number of aryl methyl sites for hydroxylation is 1. The number of nitrogens with zero attached hydrogens (tertiary/aromatic N) is 4. The minimum atomic E-state index is -1.15. The molecule has 0 bridgehead atoms. The summed E-state index contributed by atoms with van der Waals surface area (Å²) in [6.45, 7) is 1.37. The molecule has 0 saturated heterocycles. The van der Waals surface area contributed by atoms with Crippen molar-refractivity contribution in [2.45, 2.75) is 32.4 Å². The van der Waals surface area contributed by atoms with Gasteiger partial charge in [-0.15, -0.1) is 5.10 Å². The smallest absolute Gasteiger partial charge is 0.325 e. The number of aromatic nitrogens is 4. The normalized spacial score (nSPS) is 11.8. The van der Waals surface area contributed by atoms with Crippen LogP contribution >= 0.6 is 0 Å². The van der Waals surface area contributed by atoms with Crippen LogP contribution in [-0.2, 0) is 27.3 Å². The van der Waals surface area contributed by atoms with Crippen molar-refractivity contribution >= 4 is 17.8 Å². The highest BCUT2D eigenvalue weighted by Crippen LogP contribution is 1.97. The van der Waals surface area contributed by atoms with Crippen molar-refractivity contribution in [1.29, 1.82) is 0 Å². The summed E-state index contributed by atoms with van der Waals surface area (Å²) < 4.78 is 1.19. The standard InChI is InChI=1S/C9H13N5O5/c1-5(9(18)19)10-7(15)4-6-11-12-13-14(6)3-2-8(16)17/h5H,2-4H2,1H3,(H,10,15)(H,16,17)(H,18,19). The minimum Gasteiger partial charge on any atom is -0.481 e. The molecule has 0 aliphatic rings. The molecule has 0 aromatic carbocycles. The summed E-state index contributed by atoms with van der Waals surface area (Å²) in [5.41, 5.74) is 0. The third-order valence-corrected chi connectivity index (χ3v) is 2.21. The lowest BCUT2D eigenvalue weighted by atomic mass is 10.3. The topological polar surface area (TPSA) is 147 Å². The first kappa shape index (κ1) is 14.5. The van der Waals surface area contributed by atoms with E-state index in [1.54, 1.807) is 0 Å². The van der Waals surface area contributed by atoms with Crippen molar-refractivity contribution in [3.63, 3.8) is 0 Å². The Kier molecular flexibility index (Phi) is 4.92. The number of carboxylic acid groups (broad SMARTS) is 2. The van der Waals surface area contributed by atoms with E-state index in [9.17, 15) is 14.4 Å². The summed E-state index contributed by atoms with van der Waals surface area (Å²) in [5.74, 6) is -2.54. The summed E-state index contributed by atoms with van der Waals surface area (Å²) >= 11 is 0. The van der Waals surface area contributed by atoms with Crippen LogP contribution < -0.4 is 5.32 Å². The van der Waals surface area contributed by atoms with Gasteiger partial charge < -0.3 is 15.5 Å². The molecule has 0 aliphatic heterocycles. The second kappa shape index (κ2) is 6.42. The van der Waals surface area contributed by atoms with Crippen molar-refractivity contribution in [2.75, 3.05) is 0 Å². The highest BCUT2D eigenvalue weighted by molar-refractivity contribution is 5.84. The zero-order chi connectivity index (χ0) is 14.4. The van der Waals surface area contributed by atoms with Crippen LogP contribution in [0.15, 0.2) is 0 Å². The van der Waals surface area contributed by atoms with E-state index >= 15 is 0 Å². The van der Waals surface area contributed by atoms with E-state index in [0.717, 1.165) is 0 Å². The van der Waals surface area contributed by atoms with Gasteiger partial charge in [-0.3, -0.25) is 14.4 Å². The number of rotatable bonds is 7. The van der Waals surface area contributed by atoms with Crippen molar-refractivity contribution in [1.82, 2.24) is 25.5 Å². The molecule has 3 N–H and O–H groups in total. The maximum atomic E-state index is 11.5. The van der Waals surface area contributed by atoms with Crippen molar-refractivity contribution < 1.29 is 24.6 Å². The quantitative estimate of drug-likeness (QED) is 0.530. The van der Waals surface area contributed by atoms with Gasteiger partial charge in [-0.2, -0.15) is 0 Å². The van der Waals surface area contributed by atoms with E-state index in [2.05, 4.69) is 20.8 Å². The summed E-state index contributed by atoms with van der Waals surface area (Å²) in [6, 6.07) is -1.02. The van der Waals surface area contributed by atoms with Crippen LogP contribution in [0.4, 0.5) is 0 Å². The Hall–Kier alpha value is -2.52. The molecule has 1 unspecified atom stereocenters. The highest BCUT2D eigenvalue weighted by atomic mass is 16.4. The van der Waals surface area contributed by atoms with Crippen LogP contribution in [0.2, 0.25) is 0 Å². The summed E-state index contributed by atoms with van der Waals surface area (Å²) in [4.78, 5) is 32.5. The molecule has 0 spiro atoms. The number of carbonyl (C=O) groups excluding carboxylic acids is 1. The lowest BCUT2D eigenvalue weighted by Crippen LogP contribution is -2.39. The Bertz CT molecular complexity index is 485. The molecule has 1 aromatic heterocycles. The van der Waals surface area contributed by atoms with Gasteiger partial charge in [0.2, 0.25) is 5.91 Å². The lowest BCUT2D eigenvalue weighted by molar-refractivity contribution is -0.141. The van der Waals surface area contributed by atoms with Crippen LogP contribution in [-0.4, -0.2) is 54.3 Å². The third-order valence-electron chi connectivity index (χ3n) is 2.21. The van der Waals surface area contributed by atoms with Crippen LogP contribution in [0.25, 0.3) is 0 Å². The van der Waals surface area contributed by atoms with Gasteiger partial charge in [-0.25, -0.2) is 4.68 Å². The van der Waals surface area contributed by atoms with Gasteiger partial charge in [0.1, 0.15) is 6.04 Å². The number of nitrogens with one attached hydrogen (secondary N) is 1. The maximum absolute atomic E-state index is 11.5. The number of carboxylic acids is 2. The Balaban J connectivity index is 2.57. The average Bonchev–Trinajstić information content (AvgIpc) is 2.73. The van der Waals surface area contributed by atoms with E-state index < -0.39 is 23.9 Å². The maximum Gasteiger partial charge on any atom is 0.325 e. The van der Waals surface area contributed by atoms with E-state index in [0.29, 0.717) is 0 Å². The number of amides is 1. The second-order valence-electron chi connectivity index (χ2n) is 3.77. The van der Waals surface area contributed by atoms with Crippen molar-refractivity contribution in [3.05, 3.63) is 5.82 Å². The average molecular weight is 271 g/mol. The molecule has 10 heteroatoms. The number of hydrogen-bond acceptors (Lipinski definition) is 6. The van der Waals surface area contributed by atoms with Crippen LogP contribution in [0, 0.1) is 0 Å². The van der Waals surface area contributed by atoms with Crippen LogP contribution in [0.3, 0.4) is 0 Å². The predicted octanol–water partition coefficient (Wildman–Crippen LogP) is -1.72. The molecule has 0 aliphatic carbocycles. The van der Waals surface area contributed by atoms with Crippen molar-refractivity contribution in [3.8, 4) is 0 Å². The fourth-order valence-corrected chi connectivity index (χ4v) is 1.22. The van der Waals surface area contributed by atoms with Gasteiger partial charge in [0, 0.05) is 0 Å². The number of tetrazole rings is 1. The lowest BCUT2D eigenvalue weighted by Gasteiger charge is -2.08. The molecule has 1 atom stereocenters. The molecule has 10 nitrogen and oxygen atoms in total. The molecule has 1 amide bonds. The Morgan fingerprint density at radius 3 is 2.63 bits per heavy atom. The Morgan fingerprint density at radius 1 is 1.37 bits per heavy atom. The Morgan fingerprint density at radius 2 is 2.05 bits per heavy atom. The molecular weight excluding hydrogens is 258 g/mol. The van der Waals surface area contributed by atoms with E-state index in [1.807, 2.05) is 0 Å². The van der Waals surface area contributed by atoms with Crippen molar-refractivity contribution in [2.24, 2.45) is 0 Å². The monoisotopic (exact) mass is 271 g/mol. The zero-order valence-electron chi connectivity index (χ0n) is 10.1. The van der Waals surface area contributed by atoms with Gasteiger partial charge in [-0.1, -0.05) is 0 Å². The van der Waals surface area contributed by atoms with Crippen LogP contribution in [0.1, 0.15) is 19.2 Å². The van der Waals surface area contributed by atoms with Gasteiger partial charge in [-0.05, 0) is 17.4 Å². The largest absolute Gasteiger partial charge is 0.481 e. The van der Waals surface area contributed by atoms with E-state index in [4.69, 9.17) is 10.2 Å². The molecule has 1 heterocycles. The SMILES string of the molecule is CC(NC(=O)Cc1nnnn1CCC(=O)O)C(=O)O. The van der Waals surface area contributed by atoms with E-state index in [-0.39, 0.29) is 25.2 Å². The molecule has 19 heavy (non-hydrogen) atoms. The predicted molar refractivity (Wildman–Crippen MR) is 59.0 cm³/mol. The first-order chi connectivity index (χ1) is 8.90. The molecule has 1 aromatic rings. The molecule has 0 saturated carbocycles. The molecule has 104 valence electrons. The van der Waals surface area contributed by atoms with Gasteiger partial charge in [0.05, 0.1) is 19.4 Å². The molecule has 0 radical (unpaired) electrons. The summed E-state index contributed by atoms with van der Waals surface area (Å²) in [5, 5.41) is 29.9. The second-order valence-corrected chi connectivity index (χ2v) is 3.77. The van der Waals surface area contributed by atoms with Gasteiger partial charge in [0.15, 0.2) is 5.82 Å². The first-order valence-corrected chi connectivity index (χ1v) is 5.39. The highest BCUT2D eigenvalue weighted by Gasteiger charge is 2.17. The summed E-state index contributed by atoms with van der Waals surface area (Å²) in [6.07, 6.45) is -0.393. The third kappa shape index (κ3) is 4.69. The number of hydrogen-bond donors (Lipinski definition) is 3. The minimum absolute atomic E-state index is 0.0411. The van der Waals surface area contributed by atoms with Gasteiger partial charge in [0.25, 0.3) is 0 Å². The molecule has 1 rings (SSSR count).